The molecule has 0 bridgehead atoms. The Morgan fingerprint density at radius 2 is 1.48 bits per heavy atom. The summed E-state index contributed by atoms with van der Waals surface area (Å²) < 4.78 is 5.02. The molecule has 0 atom stereocenters. The lowest BCUT2D eigenvalue weighted by molar-refractivity contribution is 0.0535. The predicted octanol–water partition coefficient (Wildman–Crippen LogP) is 3.40. The van der Waals surface area contributed by atoms with Gasteiger partial charge in [0.15, 0.2) is 0 Å². The molecule has 1 saturated heterocycles. The highest BCUT2D eigenvalue weighted by atomic mass is 35.5. The van der Waals surface area contributed by atoms with Crippen LogP contribution in [0.2, 0.25) is 5.02 Å². The van der Waals surface area contributed by atoms with Crippen molar-refractivity contribution in [3.8, 4) is 17.1 Å². The van der Waals surface area contributed by atoms with Crippen molar-refractivity contribution < 1.29 is 14.3 Å². The molecule has 0 unspecified atom stereocenters. The molecule has 1 aliphatic heterocycles. The number of amides is 2. The van der Waals surface area contributed by atoms with Crippen LogP contribution >= 0.6 is 11.6 Å². The van der Waals surface area contributed by atoms with Gasteiger partial charge in [-0.3, -0.25) is 9.59 Å². The number of hydrogen-bond acceptors (Lipinski definition) is 5. The monoisotopic (exact) mass is 436 g/mol. The van der Waals surface area contributed by atoms with Crippen LogP contribution in [0.4, 0.5) is 0 Å². The molecule has 0 saturated carbocycles. The molecule has 1 fully saturated rings. The lowest BCUT2D eigenvalue weighted by Gasteiger charge is -2.35. The molecule has 4 rings (SSSR count). The summed E-state index contributed by atoms with van der Waals surface area (Å²) in [7, 11) is 1.54. The van der Waals surface area contributed by atoms with Crippen molar-refractivity contribution in [1.29, 1.82) is 0 Å². The molecule has 2 heterocycles. The van der Waals surface area contributed by atoms with Gasteiger partial charge in [0, 0.05) is 54.0 Å². The minimum atomic E-state index is -0.0699. The molecular formula is C23H21ClN4O3. The standard InChI is InChI=1S/C23H21ClN4O3/c1-31-21-10-9-20(25-26-21)16-5-7-17(8-6-16)22(29)27-11-13-28(14-12-27)23(30)18-3-2-4-19(24)15-18/h2-10,15H,11-14H2,1H3. The van der Waals surface area contributed by atoms with Crippen molar-refractivity contribution in [3.05, 3.63) is 76.8 Å². The minimum Gasteiger partial charge on any atom is -0.480 e. The first kappa shape index (κ1) is 20.8. The van der Waals surface area contributed by atoms with Gasteiger partial charge < -0.3 is 14.5 Å². The molecule has 2 aromatic carbocycles. The van der Waals surface area contributed by atoms with Crippen molar-refractivity contribution >= 4 is 23.4 Å². The fourth-order valence-corrected chi connectivity index (χ4v) is 3.66. The van der Waals surface area contributed by atoms with Gasteiger partial charge in [-0.25, -0.2) is 0 Å². The van der Waals surface area contributed by atoms with E-state index in [9.17, 15) is 9.59 Å². The summed E-state index contributed by atoms with van der Waals surface area (Å²) in [5.74, 6) is 0.324. The Kier molecular flexibility index (Phi) is 6.13. The number of hydrogen-bond donors (Lipinski definition) is 0. The lowest BCUT2D eigenvalue weighted by atomic mass is 10.1. The Bertz CT molecular complexity index is 1080. The van der Waals surface area contributed by atoms with Crippen LogP contribution in [0.3, 0.4) is 0 Å². The van der Waals surface area contributed by atoms with Crippen LogP contribution in [0.15, 0.2) is 60.7 Å². The minimum absolute atomic E-state index is 0.0535. The maximum atomic E-state index is 12.9. The van der Waals surface area contributed by atoms with Gasteiger partial charge in [0.25, 0.3) is 11.8 Å². The van der Waals surface area contributed by atoms with E-state index in [2.05, 4.69) is 10.2 Å². The van der Waals surface area contributed by atoms with E-state index in [1.54, 1.807) is 52.3 Å². The highest BCUT2D eigenvalue weighted by molar-refractivity contribution is 6.30. The fraction of sp³-hybridized carbons (Fsp3) is 0.217. The summed E-state index contributed by atoms with van der Waals surface area (Å²) in [6, 6.07) is 17.7. The van der Waals surface area contributed by atoms with Gasteiger partial charge in [0.05, 0.1) is 12.8 Å². The molecular weight excluding hydrogens is 416 g/mol. The highest BCUT2D eigenvalue weighted by Gasteiger charge is 2.25. The van der Waals surface area contributed by atoms with Crippen LogP contribution in [-0.2, 0) is 0 Å². The number of rotatable bonds is 4. The van der Waals surface area contributed by atoms with Gasteiger partial charge in [-0.2, -0.15) is 0 Å². The molecule has 2 amide bonds. The van der Waals surface area contributed by atoms with Crippen LogP contribution in [0.5, 0.6) is 5.88 Å². The SMILES string of the molecule is COc1ccc(-c2ccc(C(=O)N3CCN(C(=O)c4cccc(Cl)c4)CC3)cc2)nn1. The Labute approximate surface area is 185 Å². The van der Waals surface area contributed by atoms with E-state index >= 15 is 0 Å². The number of carbonyl (C=O) groups is 2. The molecule has 1 aromatic heterocycles. The van der Waals surface area contributed by atoms with Gasteiger partial charge in [-0.05, 0) is 36.4 Å². The number of piperazine rings is 1. The van der Waals surface area contributed by atoms with Crippen LogP contribution in [0.25, 0.3) is 11.3 Å². The second kappa shape index (κ2) is 9.14. The van der Waals surface area contributed by atoms with Crippen molar-refractivity contribution in [2.24, 2.45) is 0 Å². The average molecular weight is 437 g/mol. The third kappa shape index (κ3) is 4.67. The number of nitrogens with zero attached hydrogens (tertiary/aromatic N) is 4. The Morgan fingerprint density at radius 3 is 2.03 bits per heavy atom. The number of methoxy groups -OCH3 is 1. The second-order valence-electron chi connectivity index (χ2n) is 7.13. The summed E-state index contributed by atoms with van der Waals surface area (Å²) in [4.78, 5) is 29.1. The van der Waals surface area contributed by atoms with E-state index in [0.717, 1.165) is 5.56 Å². The molecule has 0 spiro atoms. The Balaban J connectivity index is 1.37. The first-order valence-corrected chi connectivity index (χ1v) is 10.3. The summed E-state index contributed by atoms with van der Waals surface area (Å²) in [5, 5.41) is 8.62. The molecule has 0 radical (unpaired) electrons. The van der Waals surface area contributed by atoms with Crippen LogP contribution < -0.4 is 4.74 Å². The highest BCUT2D eigenvalue weighted by Crippen LogP contribution is 2.20. The summed E-state index contributed by atoms with van der Waals surface area (Å²) in [6.45, 7) is 1.93. The number of aromatic nitrogens is 2. The summed E-state index contributed by atoms with van der Waals surface area (Å²) in [6.07, 6.45) is 0. The largest absolute Gasteiger partial charge is 0.480 e. The summed E-state index contributed by atoms with van der Waals surface area (Å²) in [5.41, 5.74) is 2.72. The molecule has 0 aliphatic carbocycles. The predicted molar refractivity (Wildman–Crippen MR) is 117 cm³/mol. The zero-order chi connectivity index (χ0) is 21.8. The Hall–Kier alpha value is -3.45. The zero-order valence-corrected chi connectivity index (χ0v) is 17.7. The number of ether oxygens (including phenoxy) is 1. The van der Waals surface area contributed by atoms with Crippen molar-refractivity contribution in [1.82, 2.24) is 20.0 Å². The third-order valence-corrected chi connectivity index (χ3v) is 5.44. The molecule has 7 nitrogen and oxygen atoms in total. The number of halogens is 1. The Morgan fingerprint density at radius 1 is 0.839 bits per heavy atom. The molecule has 1 aliphatic rings. The first-order valence-electron chi connectivity index (χ1n) is 9.87. The van der Waals surface area contributed by atoms with E-state index in [1.165, 1.54) is 7.11 Å². The maximum Gasteiger partial charge on any atom is 0.254 e. The van der Waals surface area contributed by atoms with Crippen molar-refractivity contribution in [3.63, 3.8) is 0 Å². The van der Waals surface area contributed by atoms with Crippen LogP contribution in [0, 0.1) is 0 Å². The summed E-state index contributed by atoms with van der Waals surface area (Å²) >= 11 is 5.99. The van der Waals surface area contributed by atoms with Gasteiger partial charge in [0.1, 0.15) is 0 Å². The van der Waals surface area contributed by atoms with Gasteiger partial charge in [-0.15, -0.1) is 10.2 Å². The molecule has 158 valence electrons. The van der Waals surface area contributed by atoms with Crippen molar-refractivity contribution in [2.75, 3.05) is 33.3 Å². The average Bonchev–Trinajstić information content (AvgIpc) is 2.83. The topological polar surface area (TPSA) is 75.6 Å². The van der Waals surface area contributed by atoms with E-state index in [0.29, 0.717) is 53.9 Å². The third-order valence-electron chi connectivity index (χ3n) is 5.20. The first-order chi connectivity index (χ1) is 15.0. The van der Waals surface area contributed by atoms with E-state index < -0.39 is 0 Å². The van der Waals surface area contributed by atoms with E-state index in [-0.39, 0.29) is 11.8 Å². The molecule has 0 N–H and O–H groups in total. The normalized spacial score (nSPS) is 13.7. The van der Waals surface area contributed by atoms with Crippen LogP contribution in [0.1, 0.15) is 20.7 Å². The van der Waals surface area contributed by atoms with Crippen LogP contribution in [-0.4, -0.2) is 65.1 Å². The van der Waals surface area contributed by atoms with Crippen molar-refractivity contribution in [2.45, 2.75) is 0 Å². The lowest BCUT2D eigenvalue weighted by Crippen LogP contribution is -2.50. The van der Waals surface area contributed by atoms with Gasteiger partial charge in [0.2, 0.25) is 5.88 Å². The van der Waals surface area contributed by atoms with E-state index in [1.807, 2.05) is 18.2 Å². The number of benzene rings is 2. The second-order valence-corrected chi connectivity index (χ2v) is 7.57. The molecule has 31 heavy (non-hydrogen) atoms. The zero-order valence-electron chi connectivity index (χ0n) is 17.0. The maximum absolute atomic E-state index is 12.9. The van der Waals surface area contributed by atoms with E-state index in [4.69, 9.17) is 16.3 Å². The van der Waals surface area contributed by atoms with Gasteiger partial charge in [-0.1, -0.05) is 29.8 Å². The smallest absolute Gasteiger partial charge is 0.254 e. The fourth-order valence-electron chi connectivity index (χ4n) is 3.47. The molecule has 3 aromatic rings. The molecule has 8 heteroatoms. The quantitative estimate of drug-likeness (QED) is 0.626. The van der Waals surface area contributed by atoms with Gasteiger partial charge >= 0.3 is 0 Å². The number of carbonyl (C=O) groups excluding carboxylic acids is 2.